The average molecular weight is 444 g/mol. The molecule has 168 valence electrons. The van der Waals surface area contributed by atoms with E-state index in [9.17, 15) is 14.7 Å². The number of likely N-dealkylation sites (tertiary alicyclic amines) is 1. The molecule has 0 saturated carbocycles. The second-order valence-corrected chi connectivity index (χ2v) is 7.56. The van der Waals surface area contributed by atoms with Crippen LogP contribution in [0.4, 0.5) is 0 Å². The summed E-state index contributed by atoms with van der Waals surface area (Å²) in [6, 6.07) is 19.5. The largest absolute Gasteiger partial charge is 0.507 e. The third kappa shape index (κ3) is 4.78. The highest BCUT2D eigenvalue weighted by molar-refractivity contribution is 6.46. The van der Waals surface area contributed by atoms with Gasteiger partial charge in [0.05, 0.1) is 18.2 Å². The number of hydrogen-bond donors (Lipinski definition) is 1. The molecule has 33 heavy (non-hydrogen) atoms. The number of aliphatic hydroxyl groups excluding tert-OH is 1. The number of Topliss-reactive ketones (excluding diaryl/α,β-unsaturated/α-hetero) is 1. The molecule has 1 amide bonds. The minimum atomic E-state index is -0.739. The maximum Gasteiger partial charge on any atom is 0.295 e. The molecule has 1 aromatic heterocycles. The Morgan fingerprint density at radius 3 is 2.36 bits per heavy atom. The van der Waals surface area contributed by atoms with Crippen molar-refractivity contribution in [1.82, 2.24) is 9.88 Å². The van der Waals surface area contributed by atoms with Crippen LogP contribution in [0.25, 0.3) is 5.76 Å². The number of amides is 1. The number of methoxy groups -OCH3 is 1. The normalized spacial score (nSPS) is 17.4. The standard InChI is InChI=1S/C26H24N2O5/c1-32-16-15-28-23(22(25(30)26(28)31)24(29)20-11-13-27-14-12-20)19-7-9-21(10-8-19)33-17-18-5-3-2-4-6-18/h2-14,23,29H,15-17H2,1H3/b24-22-. The predicted octanol–water partition coefficient (Wildman–Crippen LogP) is 3.73. The van der Waals surface area contributed by atoms with Gasteiger partial charge in [0.15, 0.2) is 0 Å². The van der Waals surface area contributed by atoms with E-state index < -0.39 is 17.7 Å². The highest BCUT2D eigenvalue weighted by Gasteiger charge is 2.45. The number of carbonyl (C=O) groups excluding carboxylic acids is 2. The van der Waals surface area contributed by atoms with E-state index in [1.54, 1.807) is 36.4 Å². The van der Waals surface area contributed by atoms with E-state index in [0.717, 1.165) is 5.56 Å². The second kappa shape index (κ2) is 10.1. The fourth-order valence-corrected chi connectivity index (χ4v) is 3.80. The van der Waals surface area contributed by atoms with E-state index >= 15 is 0 Å². The molecule has 4 rings (SSSR count). The van der Waals surface area contributed by atoms with Gasteiger partial charge in [0, 0.05) is 31.6 Å². The number of aliphatic hydroxyl groups is 1. The SMILES string of the molecule is COCCN1C(=O)C(=O)/C(=C(\O)c2ccncc2)C1c1ccc(OCc2ccccc2)cc1. The van der Waals surface area contributed by atoms with Crippen LogP contribution in [0.15, 0.2) is 84.7 Å². The number of benzene rings is 2. The first-order chi connectivity index (χ1) is 16.1. The smallest absolute Gasteiger partial charge is 0.295 e. The predicted molar refractivity (Wildman–Crippen MR) is 122 cm³/mol. The van der Waals surface area contributed by atoms with Crippen molar-refractivity contribution in [3.8, 4) is 5.75 Å². The molecule has 1 aliphatic rings. The number of rotatable bonds is 8. The van der Waals surface area contributed by atoms with Crippen molar-refractivity contribution >= 4 is 17.4 Å². The van der Waals surface area contributed by atoms with Crippen molar-refractivity contribution in [3.05, 3.63) is 101 Å². The molecular weight excluding hydrogens is 420 g/mol. The fraction of sp³-hybridized carbons (Fsp3) is 0.192. The van der Waals surface area contributed by atoms with Crippen LogP contribution in [0.3, 0.4) is 0 Å². The van der Waals surface area contributed by atoms with Crippen molar-refractivity contribution in [2.24, 2.45) is 0 Å². The molecule has 3 aromatic rings. The Morgan fingerprint density at radius 2 is 1.70 bits per heavy atom. The summed E-state index contributed by atoms with van der Waals surface area (Å²) in [4.78, 5) is 31.1. The van der Waals surface area contributed by atoms with Crippen LogP contribution in [0, 0.1) is 0 Å². The van der Waals surface area contributed by atoms with Gasteiger partial charge in [-0.15, -0.1) is 0 Å². The molecule has 7 nitrogen and oxygen atoms in total. The van der Waals surface area contributed by atoms with E-state index in [2.05, 4.69) is 4.98 Å². The van der Waals surface area contributed by atoms with Gasteiger partial charge in [0.25, 0.3) is 11.7 Å². The zero-order chi connectivity index (χ0) is 23.2. The Morgan fingerprint density at radius 1 is 1.00 bits per heavy atom. The van der Waals surface area contributed by atoms with Gasteiger partial charge in [-0.3, -0.25) is 14.6 Å². The van der Waals surface area contributed by atoms with Crippen molar-refractivity contribution in [2.45, 2.75) is 12.6 Å². The number of hydrogen-bond acceptors (Lipinski definition) is 6. The molecule has 0 aliphatic carbocycles. The van der Waals surface area contributed by atoms with Crippen molar-refractivity contribution in [2.75, 3.05) is 20.3 Å². The summed E-state index contributed by atoms with van der Waals surface area (Å²) in [5.41, 5.74) is 2.20. The van der Waals surface area contributed by atoms with Gasteiger partial charge in [-0.05, 0) is 35.4 Å². The zero-order valence-corrected chi connectivity index (χ0v) is 18.2. The maximum atomic E-state index is 12.9. The van der Waals surface area contributed by atoms with Gasteiger partial charge < -0.3 is 19.5 Å². The second-order valence-electron chi connectivity index (χ2n) is 7.56. The molecule has 2 aromatic carbocycles. The average Bonchev–Trinajstić information content (AvgIpc) is 3.12. The summed E-state index contributed by atoms with van der Waals surface area (Å²) in [7, 11) is 1.53. The highest BCUT2D eigenvalue weighted by Crippen LogP contribution is 2.39. The molecule has 0 radical (unpaired) electrons. The molecule has 1 saturated heterocycles. The van der Waals surface area contributed by atoms with Crippen LogP contribution < -0.4 is 4.74 Å². The number of carbonyl (C=O) groups is 2. The number of ketones is 1. The van der Waals surface area contributed by atoms with E-state index in [-0.39, 0.29) is 24.5 Å². The molecule has 0 spiro atoms. The van der Waals surface area contributed by atoms with E-state index in [1.807, 2.05) is 30.3 Å². The van der Waals surface area contributed by atoms with Gasteiger partial charge in [-0.1, -0.05) is 42.5 Å². The first-order valence-electron chi connectivity index (χ1n) is 10.5. The lowest BCUT2D eigenvalue weighted by atomic mass is 9.95. The van der Waals surface area contributed by atoms with Crippen LogP contribution in [-0.4, -0.2) is 46.9 Å². The lowest BCUT2D eigenvalue weighted by molar-refractivity contribution is -0.140. The van der Waals surface area contributed by atoms with E-state index in [4.69, 9.17) is 9.47 Å². The first kappa shape index (κ1) is 22.2. The molecular formula is C26H24N2O5. The quantitative estimate of drug-likeness (QED) is 0.324. The summed E-state index contributed by atoms with van der Waals surface area (Å²) < 4.78 is 11.0. The van der Waals surface area contributed by atoms with Gasteiger partial charge >= 0.3 is 0 Å². The van der Waals surface area contributed by atoms with Crippen molar-refractivity contribution in [1.29, 1.82) is 0 Å². The topological polar surface area (TPSA) is 89.0 Å². The number of pyridine rings is 1. The third-order valence-corrected chi connectivity index (χ3v) is 5.47. The van der Waals surface area contributed by atoms with Gasteiger partial charge in [0.2, 0.25) is 0 Å². The summed E-state index contributed by atoms with van der Waals surface area (Å²) in [6.07, 6.45) is 3.04. The Hall–Kier alpha value is -3.97. The number of nitrogens with zero attached hydrogens (tertiary/aromatic N) is 2. The summed E-state index contributed by atoms with van der Waals surface area (Å²) in [6.45, 7) is 0.900. The van der Waals surface area contributed by atoms with Crippen LogP contribution in [-0.2, 0) is 20.9 Å². The van der Waals surface area contributed by atoms with Crippen molar-refractivity contribution in [3.63, 3.8) is 0 Å². The molecule has 2 heterocycles. The van der Waals surface area contributed by atoms with E-state index in [1.165, 1.54) is 24.4 Å². The molecule has 7 heteroatoms. The Balaban J connectivity index is 1.66. The van der Waals surface area contributed by atoms with Gasteiger partial charge in [-0.25, -0.2) is 0 Å². The number of ether oxygens (including phenoxy) is 2. The molecule has 1 fully saturated rings. The first-order valence-corrected chi connectivity index (χ1v) is 10.5. The van der Waals surface area contributed by atoms with Gasteiger partial charge in [0.1, 0.15) is 18.1 Å². The van der Waals surface area contributed by atoms with Crippen LogP contribution in [0.1, 0.15) is 22.7 Å². The molecule has 0 bridgehead atoms. The Kier molecular flexibility index (Phi) is 6.80. The minimum absolute atomic E-state index is 0.0419. The highest BCUT2D eigenvalue weighted by atomic mass is 16.5. The van der Waals surface area contributed by atoms with E-state index in [0.29, 0.717) is 23.5 Å². The fourth-order valence-electron chi connectivity index (χ4n) is 3.80. The van der Waals surface area contributed by atoms with Crippen LogP contribution >= 0.6 is 0 Å². The summed E-state index contributed by atoms with van der Waals surface area (Å²) >= 11 is 0. The van der Waals surface area contributed by atoms with Crippen molar-refractivity contribution < 1.29 is 24.2 Å². The molecule has 1 unspecified atom stereocenters. The Bertz CT molecular complexity index is 1140. The lowest BCUT2D eigenvalue weighted by Crippen LogP contribution is -2.32. The lowest BCUT2D eigenvalue weighted by Gasteiger charge is -2.25. The minimum Gasteiger partial charge on any atom is -0.507 e. The molecule has 1 N–H and O–H groups in total. The third-order valence-electron chi connectivity index (χ3n) is 5.47. The van der Waals surface area contributed by atoms with Gasteiger partial charge in [-0.2, -0.15) is 0 Å². The Labute approximate surface area is 191 Å². The molecule has 1 aliphatic heterocycles. The monoisotopic (exact) mass is 444 g/mol. The molecule has 1 atom stereocenters. The van der Waals surface area contributed by atoms with Crippen LogP contribution in [0.2, 0.25) is 0 Å². The zero-order valence-electron chi connectivity index (χ0n) is 18.2. The summed E-state index contributed by atoms with van der Waals surface area (Å²) in [5, 5.41) is 10.9. The summed E-state index contributed by atoms with van der Waals surface area (Å²) in [5.74, 6) is -0.970. The number of aromatic nitrogens is 1. The van der Waals surface area contributed by atoms with Crippen LogP contribution in [0.5, 0.6) is 5.75 Å². The maximum absolute atomic E-state index is 12.9.